The number of carbonyl (C=O) groups excluding carboxylic acids is 3. The normalized spacial score (nSPS) is 20.3. The first-order valence-corrected chi connectivity index (χ1v) is 11.0. The Hall–Kier alpha value is -2.70. The van der Waals surface area contributed by atoms with Gasteiger partial charge in [0, 0.05) is 37.6 Å². The van der Waals surface area contributed by atoms with Gasteiger partial charge in [0.2, 0.25) is 11.8 Å². The van der Waals surface area contributed by atoms with Crippen LogP contribution in [0, 0.1) is 0 Å². The third-order valence-electron chi connectivity index (χ3n) is 6.11. The van der Waals surface area contributed by atoms with Crippen LogP contribution in [0.25, 0.3) is 0 Å². The van der Waals surface area contributed by atoms with Crippen LogP contribution in [-0.4, -0.2) is 52.7 Å². The van der Waals surface area contributed by atoms with Crippen molar-refractivity contribution >= 4 is 35.0 Å². The first kappa shape index (κ1) is 21.5. The lowest BCUT2D eigenvalue weighted by Crippen LogP contribution is -2.53. The quantitative estimate of drug-likeness (QED) is 0.669. The molecular weight excluding hydrogens is 414 g/mol. The van der Waals surface area contributed by atoms with E-state index in [9.17, 15) is 14.4 Å². The van der Waals surface area contributed by atoms with Crippen molar-refractivity contribution in [3.05, 3.63) is 65.2 Å². The molecule has 1 atom stereocenters. The van der Waals surface area contributed by atoms with Crippen LogP contribution in [-0.2, 0) is 20.9 Å². The van der Waals surface area contributed by atoms with Crippen molar-refractivity contribution in [2.24, 2.45) is 0 Å². The lowest BCUT2D eigenvalue weighted by molar-refractivity contribution is -0.140. The predicted molar refractivity (Wildman–Crippen MR) is 120 cm³/mol. The van der Waals surface area contributed by atoms with E-state index in [0.29, 0.717) is 10.7 Å². The van der Waals surface area contributed by atoms with Crippen LogP contribution < -0.4 is 4.90 Å². The van der Waals surface area contributed by atoms with Gasteiger partial charge in [0.1, 0.15) is 6.04 Å². The van der Waals surface area contributed by atoms with Crippen LogP contribution in [0.3, 0.4) is 0 Å². The second-order valence-electron chi connectivity index (χ2n) is 8.18. The van der Waals surface area contributed by atoms with E-state index in [1.165, 1.54) is 17.4 Å². The fraction of sp³-hybridized carbons (Fsp3) is 0.375. The largest absolute Gasteiger partial charge is 0.327 e. The number of anilines is 1. The zero-order valence-electron chi connectivity index (χ0n) is 17.5. The van der Waals surface area contributed by atoms with E-state index >= 15 is 0 Å². The summed E-state index contributed by atoms with van der Waals surface area (Å²) >= 11 is 5.93. The van der Waals surface area contributed by atoms with E-state index in [4.69, 9.17) is 11.6 Å². The number of nitrogens with zero attached hydrogens (tertiary/aromatic N) is 3. The minimum atomic E-state index is -0.744. The first-order chi connectivity index (χ1) is 14.9. The fourth-order valence-electron chi connectivity index (χ4n) is 4.62. The summed E-state index contributed by atoms with van der Waals surface area (Å²) in [6.45, 7) is 4.05. The Morgan fingerprint density at radius 1 is 1.03 bits per heavy atom. The fourth-order valence-corrected chi connectivity index (χ4v) is 4.75. The summed E-state index contributed by atoms with van der Waals surface area (Å²) in [5.41, 5.74) is 1.75. The number of benzene rings is 2. The topological polar surface area (TPSA) is 60.9 Å². The number of imide groups is 1. The van der Waals surface area contributed by atoms with Crippen LogP contribution in [0.2, 0.25) is 5.02 Å². The van der Waals surface area contributed by atoms with Crippen molar-refractivity contribution in [3.8, 4) is 0 Å². The average Bonchev–Trinajstić information content (AvgIpc) is 3.04. The molecule has 3 amide bonds. The number of hydrogen-bond acceptors (Lipinski definition) is 4. The predicted octanol–water partition coefficient (Wildman–Crippen LogP) is 3.49. The molecule has 2 aromatic carbocycles. The summed E-state index contributed by atoms with van der Waals surface area (Å²) in [6.07, 6.45) is 1.59. The summed E-state index contributed by atoms with van der Waals surface area (Å²) in [6, 6.07) is 16.1. The van der Waals surface area contributed by atoms with Crippen LogP contribution in [0.15, 0.2) is 54.6 Å². The van der Waals surface area contributed by atoms with E-state index in [1.807, 2.05) is 18.2 Å². The minimum absolute atomic E-state index is 0.0191. The van der Waals surface area contributed by atoms with E-state index < -0.39 is 6.04 Å². The maximum Gasteiger partial charge on any atom is 0.257 e. The summed E-state index contributed by atoms with van der Waals surface area (Å²) in [5, 5.41) is 0.534. The lowest BCUT2D eigenvalue weighted by atomic mass is 9.99. The zero-order valence-corrected chi connectivity index (χ0v) is 18.3. The summed E-state index contributed by atoms with van der Waals surface area (Å²) < 4.78 is 0. The molecular formula is C24H26ClN3O3. The van der Waals surface area contributed by atoms with E-state index in [-0.39, 0.29) is 30.2 Å². The molecule has 2 aliphatic rings. The Bertz CT molecular complexity index is 956. The molecule has 4 rings (SSSR count). The van der Waals surface area contributed by atoms with Gasteiger partial charge >= 0.3 is 0 Å². The molecule has 0 saturated carbocycles. The van der Waals surface area contributed by atoms with Gasteiger partial charge in [0.25, 0.3) is 5.91 Å². The summed E-state index contributed by atoms with van der Waals surface area (Å²) in [4.78, 5) is 43.6. The number of halogens is 1. The molecule has 6 nitrogen and oxygen atoms in total. The number of carbonyl (C=O) groups is 3. The van der Waals surface area contributed by atoms with Gasteiger partial charge in [-0.25, -0.2) is 4.90 Å². The summed E-state index contributed by atoms with van der Waals surface area (Å²) in [7, 11) is 0. The van der Waals surface area contributed by atoms with Crippen molar-refractivity contribution in [1.82, 2.24) is 9.80 Å². The number of amides is 3. The van der Waals surface area contributed by atoms with Gasteiger partial charge in [-0.05, 0) is 42.7 Å². The maximum absolute atomic E-state index is 13.2. The monoisotopic (exact) mass is 439 g/mol. The van der Waals surface area contributed by atoms with Gasteiger partial charge in [-0.3, -0.25) is 19.3 Å². The van der Waals surface area contributed by atoms with Crippen LogP contribution >= 0.6 is 11.6 Å². The van der Waals surface area contributed by atoms with E-state index in [2.05, 4.69) is 17.0 Å². The Labute approximate surface area is 187 Å². The first-order valence-electron chi connectivity index (χ1n) is 10.6. The number of likely N-dealkylation sites (tertiary alicyclic amines) is 1. The van der Waals surface area contributed by atoms with Crippen molar-refractivity contribution in [2.75, 3.05) is 18.0 Å². The van der Waals surface area contributed by atoms with Gasteiger partial charge in [-0.15, -0.1) is 0 Å². The lowest BCUT2D eigenvalue weighted by Gasteiger charge is -2.40. The van der Waals surface area contributed by atoms with Gasteiger partial charge in [-0.1, -0.05) is 41.9 Å². The minimum Gasteiger partial charge on any atom is -0.327 e. The van der Waals surface area contributed by atoms with Crippen LogP contribution in [0.4, 0.5) is 5.69 Å². The highest BCUT2D eigenvalue weighted by Crippen LogP contribution is 2.30. The molecule has 2 aromatic rings. The van der Waals surface area contributed by atoms with Gasteiger partial charge in [0.15, 0.2) is 0 Å². The third-order valence-corrected chi connectivity index (χ3v) is 6.36. The number of hydrogen-bond donors (Lipinski definition) is 0. The molecule has 31 heavy (non-hydrogen) atoms. The molecule has 0 radical (unpaired) electrons. The molecule has 1 unspecified atom stereocenters. The Morgan fingerprint density at radius 3 is 2.29 bits per heavy atom. The molecule has 2 saturated heterocycles. The molecule has 2 heterocycles. The van der Waals surface area contributed by atoms with Crippen LogP contribution in [0.5, 0.6) is 0 Å². The molecule has 0 spiro atoms. The van der Waals surface area contributed by atoms with Crippen LogP contribution in [0.1, 0.15) is 31.7 Å². The molecule has 7 heteroatoms. The zero-order chi connectivity index (χ0) is 22.0. The van der Waals surface area contributed by atoms with E-state index in [0.717, 1.165) is 32.5 Å². The third kappa shape index (κ3) is 4.65. The molecule has 162 valence electrons. The highest BCUT2D eigenvalue weighted by Gasteiger charge is 2.46. The molecule has 2 aliphatic heterocycles. The smallest absolute Gasteiger partial charge is 0.257 e. The standard InChI is InChI=1S/C24H26ClN3O3/c1-17(29)27(21-11-13-26(14-12-21)16-18-5-3-2-4-6-18)22-15-23(30)28(24(22)31)20-9-7-19(25)8-10-20/h2-10,21-22H,11-16H2,1H3. The van der Waals surface area contributed by atoms with Gasteiger partial charge < -0.3 is 4.90 Å². The molecule has 0 aromatic heterocycles. The van der Waals surface area contributed by atoms with Gasteiger partial charge in [0.05, 0.1) is 12.1 Å². The average molecular weight is 440 g/mol. The second kappa shape index (κ2) is 9.20. The van der Waals surface area contributed by atoms with Gasteiger partial charge in [-0.2, -0.15) is 0 Å². The Balaban J connectivity index is 1.44. The highest BCUT2D eigenvalue weighted by atomic mass is 35.5. The SMILES string of the molecule is CC(=O)N(C1CCN(Cc2ccccc2)CC1)C1CC(=O)N(c2ccc(Cl)cc2)C1=O. The number of rotatable bonds is 5. The molecule has 2 fully saturated rings. The molecule has 0 aliphatic carbocycles. The van der Waals surface area contributed by atoms with Crippen molar-refractivity contribution in [3.63, 3.8) is 0 Å². The highest BCUT2D eigenvalue weighted by molar-refractivity contribution is 6.30. The maximum atomic E-state index is 13.2. The van der Waals surface area contributed by atoms with Crippen molar-refractivity contribution in [1.29, 1.82) is 0 Å². The summed E-state index contributed by atoms with van der Waals surface area (Å²) in [5.74, 6) is -0.787. The van der Waals surface area contributed by atoms with E-state index in [1.54, 1.807) is 29.2 Å². The molecule has 0 N–H and O–H groups in total. The van der Waals surface area contributed by atoms with Crippen molar-refractivity contribution < 1.29 is 14.4 Å². The Morgan fingerprint density at radius 2 is 1.68 bits per heavy atom. The van der Waals surface area contributed by atoms with Crippen molar-refractivity contribution in [2.45, 2.75) is 44.8 Å². The molecule has 0 bridgehead atoms. The second-order valence-corrected chi connectivity index (χ2v) is 8.62. The Kier molecular flexibility index (Phi) is 6.39. The number of piperidine rings is 1.